The first-order chi connectivity index (χ1) is 42.5. The minimum Gasteiger partial charge on any atom is -0.458 e. The number of ether oxygens (including phenoxy) is 2. The maximum Gasteiger partial charge on any atom is 0.329 e. The molecule has 6 aliphatic rings. The molecule has 10 amide bonds. The van der Waals surface area contributed by atoms with Gasteiger partial charge in [-0.1, -0.05) is 61.5 Å². The van der Waals surface area contributed by atoms with Crippen molar-refractivity contribution in [2.45, 2.75) is 169 Å². The van der Waals surface area contributed by atoms with E-state index in [0.29, 0.717) is 12.0 Å². The molecule has 1 aromatic rings. The number of fused-ring (bicyclic) bond motifs is 4. The van der Waals surface area contributed by atoms with Crippen LogP contribution < -0.4 is 32.4 Å². The summed E-state index contributed by atoms with van der Waals surface area (Å²) >= 11 is 0. The van der Waals surface area contributed by atoms with E-state index < -0.39 is 197 Å². The number of aryl methyl sites for hydroxylation is 1. The van der Waals surface area contributed by atoms with Gasteiger partial charge in [0.2, 0.25) is 52.7 Å². The fourth-order valence-corrected chi connectivity index (χ4v) is 12.3. The molecule has 1 aliphatic carbocycles. The minimum absolute atomic E-state index is 0.0925. The van der Waals surface area contributed by atoms with Gasteiger partial charge < -0.3 is 75.4 Å². The lowest BCUT2D eigenvalue weighted by Crippen LogP contribution is -2.61. The van der Waals surface area contributed by atoms with Gasteiger partial charge in [-0.2, -0.15) is 0 Å². The van der Waals surface area contributed by atoms with Crippen LogP contribution in [0.15, 0.2) is 21.3 Å². The quantitative estimate of drug-likeness (QED) is 0.0957. The van der Waals surface area contributed by atoms with Crippen molar-refractivity contribution in [2.75, 3.05) is 60.1 Å². The second kappa shape index (κ2) is 27.8. The number of nitrogens with zero attached hydrogens (tertiary/aromatic N) is 7. The number of rotatable bonds is 8. The van der Waals surface area contributed by atoms with Gasteiger partial charge in [0.15, 0.2) is 11.3 Å². The van der Waals surface area contributed by atoms with Gasteiger partial charge in [-0.3, -0.25) is 52.7 Å². The van der Waals surface area contributed by atoms with Crippen LogP contribution in [0.2, 0.25) is 0 Å². The summed E-state index contributed by atoms with van der Waals surface area (Å²) in [5, 5.41) is 21.4. The van der Waals surface area contributed by atoms with E-state index in [4.69, 9.17) is 24.6 Å². The number of aliphatic hydroxyl groups is 1. The Morgan fingerprint density at radius 1 is 0.659 bits per heavy atom. The molecule has 9 unspecified atom stereocenters. The lowest BCUT2D eigenvalue weighted by Gasteiger charge is -2.36. The molecule has 4 fully saturated rings. The summed E-state index contributed by atoms with van der Waals surface area (Å²) < 4.78 is 18.3. The summed E-state index contributed by atoms with van der Waals surface area (Å²) in [5.74, 6) is -13.1. The first-order valence-corrected chi connectivity index (χ1v) is 30.6. The molecule has 496 valence electrons. The van der Waals surface area contributed by atoms with Crippen LogP contribution in [-0.2, 0) is 57.4 Å². The number of aromatic nitrogens is 1. The number of anilines is 1. The van der Waals surface area contributed by atoms with Crippen LogP contribution in [-0.4, -0.2) is 232 Å². The highest BCUT2D eigenvalue weighted by atomic mass is 16.6. The Balaban J connectivity index is 1.32. The van der Waals surface area contributed by atoms with Crippen LogP contribution in [0.5, 0.6) is 0 Å². The first kappa shape index (κ1) is 69.7. The second-order valence-electron chi connectivity index (χ2n) is 25.8. The first-order valence-electron chi connectivity index (χ1n) is 30.6. The zero-order valence-electron chi connectivity index (χ0n) is 54.5. The molecule has 7 rings (SSSR count). The molecular weight excluding hydrogens is 1180 g/mol. The molecule has 11 atom stereocenters. The van der Waals surface area contributed by atoms with Crippen molar-refractivity contribution in [2.24, 2.45) is 23.7 Å². The highest BCUT2D eigenvalue weighted by Gasteiger charge is 2.48. The van der Waals surface area contributed by atoms with Gasteiger partial charge in [0, 0.05) is 53.3 Å². The molecule has 29 heteroatoms. The monoisotopic (exact) mass is 1270 g/mol. The van der Waals surface area contributed by atoms with Crippen LogP contribution in [0.25, 0.3) is 22.6 Å². The maximum atomic E-state index is 15.2. The molecule has 4 saturated heterocycles. The predicted molar refractivity (Wildman–Crippen MR) is 327 cm³/mol. The number of hydrogen-bond acceptors (Lipinski definition) is 19. The molecule has 29 nitrogen and oxygen atoms in total. The summed E-state index contributed by atoms with van der Waals surface area (Å²) in [6.45, 7) is 17.5. The molecule has 0 aromatic heterocycles. The van der Waals surface area contributed by atoms with Crippen molar-refractivity contribution in [3.05, 3.63) is 44.6 Å². The topological polar surface area (TPSA) is 380 Å². The van der Waals surface area contributed by atoms with Crippen LogP contribution in [0.1, 0.15) is 120 Å². The lowest BCUT2D eigenvalue weighted by molar-refractivity contribution is -0.163. The molecule has 1 aromatic carbocycles. The number of aliphatic hydroxyl groups excluding tert-OH is 1. The SMILES string of the molecule is Cc1c2oc3c(C)ccc(C(=O)NC4C(=O)NC(C(C)C)C(=O)N5CCCC5C(=O)N(C)CC(=O)N(C)C(C(C)C)C(=O)OC4C)c3nc-2c(C(=O)NC2C(=O)NC(C(C)C)C(=O)N3C[C@H](O)C[C@H]3C(=O)N(C)CC(=O)N(C)C(C(C)C)C(=O)OC2C)c(N)c1=O. The van der Waals surface area contributed by atoms with E-state index in [1.54, 1.807) is 62.3 Å². The van der Waals surface area contributed by atoms with Crippen molar-refractivity contribution in [3.63, 3.8) is 0 Å². The summed E-state index contributed by atoms with van der Waals surface area (Å²) in [7, 11) is 5.46. The van der Waals surface area contributed by atoms with Crippen LogP contribution >= 0.6 is 0 Å². The fourth-order valence-electron chi connectivity index (χ4n) is 12.3. The van der Waals surface area contributed by atoms with Crippen molar-refractivity contribution in [1.29, 1.82) is 0 Å². The number of likely N-dealkylation sites (N-methyl/N-ethyl adjacent to an activating group) is 4. The number of amides is 10. The average Bonchev–Trinajstić information content (AvgIpc) is 1.68. The van der Waals surface area contributed by atoms with E-state index in [2.05, 4.69) is 21.3 Å². The highest BCUT2D eigenvalue weighted by molar-refractivity contribution is 6.10. The fraction of sp³-hybridized carbons (Fsp3) is 0.613. The smallest absolute Gasteiger partial charge is 0.329 e. The van der Waals surface area contributed by atoms with E-state index >= 15 is 9.59 Å². The third-order valence-corrected chi connectivity index (χ3v) is 17.5. The number of nitrogens with two attached hydrogens (primary N) is 1. The number of carbonyl (C=O) groups excluding carboxylic acids is 12. The molecule has 7 N–H and O–H groups in total. The van der Waals surface area contributed by atoms with E-state index in [1.165, 1.54) is 70.9 Å². The number of esters is 2. The van der Waals surface area contributed by atoms with Crippen molar-refractivity contribution >= 4 is 87.8 Å². The van der Waals surface area contributed by atoms with Crippen LogP contribution in [0, 0.1) is 37.5 Å². The second-order valence-corrected chi connectivity index (χ2v) is 25.8. The molecule has 5 aliphatic heterocycles. The van der Waals surface area contributed by atoms with Crippen molar-refractivity contribution < 1.29 is 76.5 Å². The molecule has 91 heavy (non-hydrogen) atoms. The maximum absolute atomic E-state index is 15.2. The Hall–Kier alpha value is -8.76. The van der Waals surface area contributed by atoms with Gasteiger partial charge in [0.25, 0.3) is 11.8 Å². The summed E-state index contributed by atoms with van der Waals surface area (Å²) in [6.07, 6.45) is -3.77. The zero-order chi connectivity index (χ0) is 67.8. The largest absolute Gasteiger partial charge is 0.458 e. The predicted octanol–water partition coefficient (Wildman–Crippen LogP) is -0.304. The average molecular weight is 1270 g/mol. The van der Waals surface area contributed by atoms with Gasteiger partial charge in [-0.25, -0.2) is 14.6 Å². The van der Waals surface area contributed by atoms with Crippen molar-refractivity contribution in [1.82, 2.24) is 55.7 Å². The summed E-state index contributed by atoms with van der Waals surface area (Å²) in [4.78, 5) is 199. The normalized spacial score (nSPS) is 26.9. The Labute approximate surface area is 527 Å². The summed E-state index contributed by atoms with van der Waals surface area (Å²) in [6, 6.07) is -8.46. The van der Waals surface area contributed by atoms with Crippen molar-refractivity contribution in [3.8, 4) is 11.5 Å². The number of nitrogens with one attached hydrogen (secondary N) is 4. The standard InChI is InChI=1S/C62H86N12O17/c1-26(2)42-59(85)73-21-17-18-36(73)57(83)69(13)24-38(76)71(15)48(28(5)6)61(87)89-32(11)44(55(81)65-42)67-53(79)35-20-19-30(9)51-46(35)64-47-40(41(63)50(78)31(10)52(47)91-51)54(80)68-45-33(12)90-62(88)49(29(7)8)72(16)39(77)25-70(14)58(84)37-22-34(75)23-74(37)60(86)43(27(3)4)66-56(45)82/h19-20,26-29,32-34,36-37,42-45,48-49,75H,17-18,21-25,63H2,1-16H3,(H,65,81)(H,66,82)(H,67,79)(H,68,80)/t32?,33?,34-,36?,37+,42?,43?,44?,45?,48?,49?/m1/s1. The van der Waals surface area contributed by atoms with E-state index in [9.17, 15) is 57.8 Å². The number of carbonyl (C=O) groups is 12. The van der Waals surface area contributed by atoms with Gasteiger partial charge in [0.1, 0.15) is 71.8 Å². The number of nitrogen functional groups attached to an aromatic ring is 1. The molecule has 0 bridgehead atoms. The van der Waals surface area contributed by atoms with Gasteiger partial charge in [-0.15, -0.1) is 0 Å². The molecular formula is C62H86N12O17. The third-order valence-electron chi connectivity index (χ3n) is 17.5. The van der Waals surface area contributed by atoms with Crippen LogP contribution in [0.4, 0.5) is 5.69 Å². The highest BCUT2D eigenvalue weighted by Crippen LogP contribution is 2.35. The Kier molecular flexibility index (Phi) is 21.3. The van der Waals surface area contributed by atoms with Gasteiger partial charge in [-0.05, 0) is 75.8 Å². The molecule has 0 radical (unpaired) electrons. The Morgan fingerprint density at radius 2 is 1.13 bits per heavy atom. The zero-order valence-corrected chi connectivity index (χ0v) is 54.5. The number of hydrogen-bond donors (Lipinski definition) is 6. The Morgan fingerprint density at radius 3 is 1.62 bits per heavy atom. The Bertz CT molecular complexity index is 3460. The molecule has 0 saturated carbocycles. The van der Waals surface area contributed by atoms with Gasteiger partial charge >= 0.3 is 11.9 Å². The minimum atomic E-state index is -1.94. The van der Waals surface area contributed by atoms with E-state index in [0.717, 1.165) is 19.6 Å². The number of cyclic esters (lactones) is 2. The van der Waals surface area contributed by atoms with E-state index in [1.807, 2.05) is 0 Å². The lowest BCUT2D eigenvalue weighted by atomic mass is 9.98. The number of benzene rings is 2. The third kappa shape index (κ3) is 14.1. The van der Waals surface area contributed by atoms with E-state index in [-0.39, 0.29) is 53.9 Å². The molecule has 5 heterocycles. The molecule has 0 spiro atoms. The summed E-state index contributed by atoms with van der Waals surface area (Å²) in [5.41, 5.74) is 3.38. The van der Waals surface area contributed by atoms with Crippen LogP contribution in [0.3, 0.4) is 0 Å². The van der Waals surface area contributed by atoms with Gasteiger partial charge in [0.05, 0.1) is 36.0 Å².